The molecule has 4 heteroatoms. The Balaban J connectivity index is 2.50. The molecular formula is C15H15Cl2NO. The van der Waals surface area contributed by atoms with Crippen LogP contribution in [-0.4, -0.2) is 6.61 Å². The Morgan fingerprint density at radius 1 is 1.11 bits per heavy atom. The van der Waals surface area contributed by atoms with E-state index in [4.69, 9.17) is 33.7 Å². The molecular weight excluding hydrogens is 281 g/mol. The van der Waals surface area contributed by atoms with Gasteiger partial charge in [0.25, 0.3) is 0 Å². The lowest BCUT2D eigenvalue weighted by atomic mass is 10.0. The standard InChI is InChI=1S/C15H15Cl2NO/c1-3-19-15-8-12(16)11(7-13(15)17)10-5-4-9(2)14(18)6-10/h4-8H,3,18H2,1-2H3. The Kier molecular flexibility index (Phi) is 4.23. The molecule has 0 radical (unpaired) electrons. The maximum absolute atomic E-state index is 6.28. The summed E-state index contributed by atoms with van der Waals surface area (Å²) in [5.41, 5.74) is 9.49. The van der Waals surface area contributed by atoms with Crippen molar-refractivity contribution in [2.75, 3.05) is 12.3 Å². The van der Waals surface area contributed by atoms with Crippen LogP contribution in [-0.2, 0) is 0 Å². The fraction of sp³-hybridized carbons (Fsp3) is 0.200. The van der Waals surface area contributed by atoms with E-state index in [1.54, 1.807) is 12.1 Å². The van der Waals surface area contributed by atoms with Crippen molar-refractivity contribution in [1.29, 1.82) is 0 Å². The monoisotopic (exact) mass is 295 g/mol. The number of benzene rings is 2. The van der Waals surface area contributed by atoms with Gasteiger partial charge >= 0.3 is 0 Å². The van der Waals surface area contributed by atoms with Gasteiger partial charge in [-0.1, -0.05) is 35.3 Å². The Bertz CT molecular complexity index is 611. The molecule has 0 spiro atoms. The Labute approximate surface area is 123 Å². The molecule has 19 heavy (non-hydrogen) atoms. The zero-order valence-electron chi connectivity index (χ0n) is 10.8. The highest BCUT2D eigenvalue weighted by molar-refractivity contribution is 6.36. The molecule has 0 aliphatic rings. The maximum atomic E-state index is 6.28. The molecule has 0 saturated carbocycles. The molecule has 0 saturated heterocycles. The van der Waals surface area contributed by atoms with Gasteiger partial charge in [0, 0.05) is 17.3 Å². The van der Waals surface area contributed by atoms with Gasteiger partial charge in [-0.3, -0.25) is 0 Å². The van der Waals surface area contributed by atoms with E-state index in [2.05, 4.69) is 0 Å². The molecule has 2 aromatic carbocycles. The van der Waals surface area contributed by atoms with Gasteiger partial charge in [-0.25, -0.2) is 0 Å². The summed E-state index contributed by atoms with van der Waals surface area (Å²) in [5, 5.41) is 1.14. The zero-order valence-corrected chi connectivity index (χ0v) is 12.3. The average Bonchev–Trinajstić information content (AvgIpc) is 2.37. The van der Waals surface area contributed by atoms with Gasteiger partial charge in [-0.05, 0) is 37.1 Å². The van der Waals surface area contributed by atoms with E-state index in [0.29, 0.717) is 22.4 Å². The highest BCUT2D eigenvalue weighted by Gasteiger charge is 2.10. The van der Waals surface area contributed by atoms with Crippen LogP contribution in [0.5, 0.6) is 5.75 Å². The molecule has 0 atom stereocenters. The topological polar surface area (TPSA) is 35.2 Å². The molecule has 2 rings (SSSR count). The summed E-state index contributed by atoms with van der Waals surface area (Å²) in [4.78, 5) is 0. The Morgan fingerprint density at radius 3 is 2.47 bits per heavy atom. The predicted molar refractivity (Wildman–Crippen MR) is 82.2 cm³/mol. The number of hydrogen-bond acceptors (Lipinski definition) is 2. The number of hydrogen-bond donors (Lipinski definition) is 1. The minimum atomic E-state index is 0.542. The van der Waals surface area contributed by atoms with Crippen molar-refractivity contribution < 1.29 is 4.74 Å². The van der Waals surface area contributed by atoms with Crippen LogP contribution >= 0.6 is 23.2 Å². The smallest absolute Gasteiger partial charge is 0.139 e. The van der Waals surface area contributed by atoms with E-state index in [1.165, 1.54) is 0 Å². The molecule has 0 bridgehead atoms. The Hall–Kier alpha value is -1.38. The third kappa shape index (κ3) is 2.96. The van der Waals surface area contributed by atoms with E-state index in [-0.39, 0.29) is 0 Å². The number of nitrogen functional groups attached to an aromatic ring is 1. The van der Waals surface area contributed by atoms with Crippen molar-refractivity contribution in [2.45, 2.75) is 13.8 Å². The summed E-state index contributed by atoms with van der Waals surface area (Å²) in [5.74, 6) is 0.595. The number of rotatable bonds is 3. The van der Waals surface area contributed by atoms with Gasteiger partial charge in [0.15, 0.2) is 0 Å². The minimum Gasteiger partial charge on any atom is -0.492 e. The first-order valence-corrected chi connectivity index (χ1v) is 6.77. The van der Waals surface area contributed by atoms with Crippen LogP contribution in [0.1, 0.15) is 12.5 Å². The number of anilines is 1. The minimum absolute atomic E-state index is 0.542. The van der Waals surface area contributed by atoms with Gasteiger partial charge in [0.1, 0.15) is 5.75 Å². The van der Waals surface area contributed by atoms with E-state index in [9.17, 15) is 0 Å². The highest BCUT2D eigenvalue weighted by atomic mass is 35.5. The van der Waals surface area contributed by atoms with E-state index >= 15 is 0 Å². The van der Waals surface area contributed by atoms with Gasteiger partial charge in [0.05, 0.1) is 16.7 Å². The van der Waals surface area contributed by atoms with Crippen molar-refractivity contribution in [1.82, 2.24) is 0 Å². The van der Waals surface area contributed by atoms with Crippen LogP contribution < -0.4 is 10.5 Å². The summed E-state index contributed by atoms with van der Waals surface area (Å²) in [6.45, 7) is 4.41. The summed E-state index contributed by atoms with van der Waals surface area (Å²) in [7, 11) is 0. The van der Waals surface area contributed by atoms with Crippen LogP contribution in [0, 0.1) is 6.92 Å². The van der Waals surface area contributed by atoms with Crippen LogP contribution in [0.25, 0.3) is 11.1 Å². The summed E-state index contributed by atoms with van der Waals surface area (Å²) in [6.07, 6.45) is 0. The number of aryl methyl sites for hydroxylation is 1. The van der Waals surface area contributed by atoms with Gasteiger partial charge < -0.3 is 10.5 Å². The lowest BCUT2D eigenvalue weighted by molar-refractivity contribution is 0.340. The predicted octanol–water partition coefficient (Wildman–Crippen LogP) is 4.95. The normalized spacial score (nSPS) is 10.5. The first-order valence-electron chi connectivity index (χ1n) is 6.01. The zero-order chi connectivity index (χ0) is 14.0. The number of nitrogens with two attached hydrogens (primary N) is 1. The van der Waals surface area contributed by atoms with Crippen molar-refractivity contribution in [3.8, 4) is 16.9 Å². The van der Waals surface area contributed by atoms with Crippen LogP contribution in [0.2, 0.25) is 10.0 Å². The summed E-state index contributed by atoms with van der Waals surface area (Å²) in [6, 6.07) is 9.37. The third-order valence-electron chi connectivity index (χ3n) is 2.91. The summed E-state index contributed by atoms with van der Waals surface area (Å²) >= 11 is 12.5. The first-order chi connectivity index (χ1) is 9.02. The highest BCUT2D eigenvalue weighted by Crippen LogP contribution is 2.37. The second-order valence-corrected chi connectivity index (χ2v) is 5.08. The number of halogens is 2. The molecule has 0 unspecified atom stereocenters. The quantitative estimate of drug-likeness (QED) is 0.813. The molecule has 0 aliphatic carbocycles. The molecule has 0 fully saturated rings. The van der Waals surface area contributed by atoms with Gasteiger partial charge in [-0.15, -0.1) is 0 Å². The van der Waals surface area contributed by atoms with Gasteiger partial charge in [-0.2, -0.15) is 0 Å². The molecule has 0 aromatic heterocycles. The first kappa shape index (κ1) is 14.0. The fourth-order valence-corrected chi connectivity index (χ4v) is 2.30. The van der Waals surface area contributed by atoms with E-state index in [0.717, 1.165) is 22.4 Å². The average molecular weight is 296 g/mol. The van der Waals surface area contributed by atoms with E-state index < -0.39 is 0 Å². The summed E-state index contributed by atoms with van der Waals surface area (Å²) < 4.78 is 5.41. The molecule has 2 aromatic rings. The van der Waals surface area contributed by atoms with Crippen molar-refractivity contribution in [3.63, 3.8) is 0 Å². The van der Waals surface area contributed by atoms with Crippen molar-refractivity contribution >= 4 is 28.9 Å². The fourth-order valence-electron chi connectivity index (χ4n) is 1.82. The molecule has 2 N–H and O–H groups in total. The molecule has 0 amide bonds. The number of ether oxygens (including phenoxy) is 1. The van der Waals surface area contributed by atoms with Crippen LogP contribution in [0.15, 0.2) is 30.3 Å². The lowest BCUT2D eigenvalue weighted by Crippen LogP contribution is -1.94. The molecule has 0 aliphatic heterocycles. The van der Waals surface area contributed by atoms with Gasteiger partial charge in [0.2, 0.25) is 0 Å². The van der Waals surface area contributed by atoms with Crippen molar-refractivity contribution in [3.05, 3.63) is 45.9 Å². The maximum Gasteiger partial charge on any atom is 0.139 e. The second kappa shape index (κ2) is 5.72. The largest absolute Gasteiger partial charge is 0.492 e. The lowest BCUT2D eigenvalue weighted by Gasteiger charge is -2.11. The molecule has 2 nitrogen and oxygen atoms in total. The van der Waals surface area contributed by atoms with Crippen LogP contribution in [0.3, 0.4) is 0 Å². The molecule has 100 valence electrons. The van der Waals surface area contributed by atoms with Crippen LogP contribution in [0.4, 0.5) is 5.69 Å². The second-order valence-electron chi connectivity index (χ2n) is 4.27. The van der Waals surface area contributed by atoms with E-state index in [1.807, 2.05) is 32.0 Å². The third-order valence-corrected chi connectivity index (χ3v) is 3.52. The Morgan fingerprint density at radius 2 is 1.84 bits per heavy atom. The molecule has 0 heterocycles. The van der Waals surface area contributed by atoms with Crippen molar-refractivity contribution in [2.24, 2.45) is 0 Å². The SMILES string of the molecule is CCOc1cc(Cl)c(-c2ccc(C)c(N)c2)cc1Cl.